The van der Waals surface area contributed by atoms with Gasteiger partial charge in [0.2, 0.25) is 5.82 Å². The van der Waals surface area contributed by atoms with Crippen LogP contribution in [-0.2, 0) is 4.79 Å². The molecule has 4 aliphatic rings. The Balaban J connectivity index is 0.000000275. The normalized spacial score (nSPS) is 42.7. The maximum absolute atomic E-state index is 16.6. The molecule has 4 N–H and O–H groups in total. The Morgan fingerprint density at radius 2 is 1.74 bits per heavy atom. The SMILES string of the molecule is C[C@]1(O)CC[C@H]2[C@@H]3CCC4=CC(=O)CC[C@]4(C)[C@@]3(F)[C@@H](O)C[C@@]21C.F.O=c1[nH]cc(F)c(=O)[nH]1. The van der Waals surface area contributed by atoms with Crippen molar-refractivity contribution in [3.05, 3.63) is 44.5 Å². The second-order valence-corrected chi connectivity index (χ2v) is 10.9. The molecule has 0 bridgehead atoms. The zero-order valence-corrected chi connectivity index (χ0v) is 19.6. The first-order valence-corrected chi connectivity index (χ1v) is 11.6. The zero-order valence-electron chi connectivity index (χ0n) is 19.6. The van der Waals surface area contributed by atoms with E-state index in [-0.39, 0.29) is 22.3 Å². The second kappa shape index (κ2) is 8.48. The summed E-state index contributed by atoms with van der Waals surface area (Å²) in [6.45, 7) is 5.79. The lowest BCUT2D eigenvalue weighted by Crippen LogP contribution is -2.68. The summed E-state index contributed by atoms with van der Waals surface area (Å²) in [4.78, 5) is 35.8. The molecule has 0 aromatic carbocycles. The molecule has 1 heterocycles. The first-order valence-electron chi connectivity index (χ1n) is 11.6. The molecule has 0 unspecified atom stereocenters. The summed E-state index contributed by atoms with van der Waals surface area (Å²) in [7, 11) is 0. The molecule has 4 aliphatic carbocycles. The lowest BCUT2D eigenvalue weighted by atomic mass is 9.44. The summed E-state index contributed by atoms with van der Waals surface area (Å²) >= 11 is 0. The van der Waals surface area contributed by atoms with Gasteiger partial charge in [0.1, 0.15) is 5.67 Å². The molecule has 3 saturated carbocycles. The number of carbonyl (C=O) groups is 1. The summed E-state index contributed by atoms with van der Waals surface area (Å²) < 4.78 is 28.6. The number of allylic oxidation sites excluding steroid dienone is 1. The number of hydrogen-bond donors (Lipinski definition) is 4. The number of hydrogen-bond acceptors (Lipinski definition) is 5. The van der Waals surface area contributed by atoms with Crippen LogP contribution in [0.25, 0.3) is 0 Å². The van der Waals surface area contributed by atoms with Gasteiger partial charge in [-0.25, -0.2) is 9.18 Å². The van der Waals surface area contributed by atoms with Gasteiger partial charge in [0.15, 0.2) is 5.78 Å². The smallest absolute Gasteiger partial charge is 0.325 e. The molecule has 1 aromatic heterocycles. The van der Waals surface area contributed by atoms with Crippen LogP contribution in [0.2, 0.25) is 0 Å². The minimum absolute atomic E-state index is 0. The quantitative estimate of drug-likeness (QED) is 0.449. The van der Waals surface area contributed by atoms with E-state index in [0.717, 1.165) is 18.4 Å². The van der Waals surface area contributed by atoms with Crippen molar-refractivity contribution in [1.29, 1.82) is 0 Å². The maximum Gasteiger partial charge on any atom is 0.325 e. The number of rotatable bonds is 0. The fraction of sp³-hybridized carbons (Fsp3) is 0.708. The Labute approximate surface area is 195 Å². The van der Waals surface area contributed by atoms with Gasteiger partial charge in [0.05, 0.1) is 11.7 Å². The van der Waals surface area contributed by atoms with Gasteiger partial charge in [-0.1, -0.05) is 19.4 Å². The summed E-state index contributed by atoms with van der Waals surface area (Å²) in [6, 6.07) is 0. The number of alkyl halides is 1. The van der Waals surface area contributed by atoms with Crippen LogP contribution < -0.4 is 11.2 Å². The molecule has 5 rings (SSSR count). The van der Waals surface area contributed by atoms with Crippen molar-refractivity contribution in [3.63, 3.8) is 0 Å². The highest BCUT2D eigenvalue weighted by Gasteiger charge is 2.72. The van der Waals surface area contributed by atoms with Crippen LogP contribution >= 0.6 is 0 Å². The third-order valence-electron chi connectivity index (χ3n) is 9.38. The number of H-pyrrole nitrogens is 2. The van der Waals surface area contributed by atoms with Gasteiger partial charge < -0.3 is 15.2 Å². The van der Waals surface area contributed by atoms with Crippen molar-refractivity contribution in [2.24, 2.45) is 22.7 Å². The number of halogens is 3. The minimum atomic E-state index is -1.69. The van der Waals surface area contributed by atoms with Crippen molar-refractivity contribution in [3.8, 4) is 0 Å². The van der Waals surface area contributed by atoms with E-state index in [0.29, 0.717) is 38.3 Å². The molecule has 7 nitrogen and oxygen atoms in total. The minimum Gasteiger partial charge on any atom is -0.390 e. The summed E-state index contributed by atoms with van der Waals surface area (Å²) in [6.07, 6.45) is 5.31. The van der Waals surface area contributed by atoms with Crippen molar-refractivity contribution in [2.75, 3.05) is 0 Å². The maximum atomic E-state index is 16.6. The highest BCUT2D eigenvalue weighted by atomic mass is 19.1. The number of ketones is 1. The van der Waals surface area contributed by atoms with Crippen LogP contribution in [0, 0.1) is 28.5 Å². The molecule has 0 spiro atoms. The van der Waals surface area contributed by atoms with E-state index in [1.165, 1.54) is 0 Å². The van der Waals surface area contributed by atoms with Gasteiger partial charge in [-0.2, -0.15) is 4.39 Å². The standard InChI is InChI=1S/C20H29FO3.C4H3FN2O2.FH/c1-17-8-6-13(22)10-12(17)4-5-15-14-7-9-19(3,24)18(14,2)11-16(23)20(15,17)21;5-2-1-6-4(9)7-3(2)8;/h10,14-16,23-24H,4-9,11H2,1-3H3;1H,(H2,6,7,8,9);1H/t14-,15-,16-,17-,18-,19-,20-;;/m0../s1. The molecule has 10 heteroatoms. The number of aliphatic hydroxyl groups excluding tert-OH is 1. The van der Waals surface area contributed by atoms with Gasteiger partial charge in [0.25, 0.3) is 5.56 Å². The van der Waals surface area contributed by atoms with Crippen molar-refractivity contribution >= 4 is 5.78 Å². The van der Waals surface area contributed by atoms with Crippen LogP contribution in [-0.4, -0.2) is 43.3 Å². The molecule has 7 atom stereocenters. The highest BCUT2D eigenvalue weighted by molar-refractivity contribution is 5.91. The van der Waals surface area contributed by atoms with Gasteiger partial charge in [-0.3, -0.25) is 19.3 Å². The summed E-state index contributed by atoms with van der Waals surface area (Å²) in [5.41, 5.74) is -4.54. The first kappa shape index (κ1) is 26.4. The Morgan fingerprint density at radius 1 is 1.06 bits per heavy atom. The molecule has 0 aliphatic heterocycles. The van der Waals surface area contributed by atoms with Crippen LogP contribution in [0.3, 0.4) is 0 Å². The van der Waals surface area contributed by atoms with E-state index in [1.807, 2.05) is 25.8 Å². The van der Waals surface area contributed by atoms with E-state index in [1.54, 1.807) is 11.1 Å². The Morgan fingerprint density at radius 3 is 2.35 bits per heavy atom. The molecular formula is C24H33F3N2O5. The molecule has 1 aromatic rings. The van der Waals surface area contributed by atoms with Crippen LogP contribution in [0.5, 0.6) is 0 Å². The van der Waals surface area contributed by atoms with Crippen molar-refractivity contribution in [2.45, 2.75) is 83.1 Å². The van der Waals surface area contributed by atoms with E-state index in [4.69, 9.17) is 0 Å². The molecule has 3 fully saturated rings. The third kappa shape index (κ3) is 3.61. The first-order chi connectivity index (χ1) is 15.3. The molecular weight excluding hydrogens is 453 g/mol. The average molecular weight is 487 g/mol. The monoisotopic (exact) mass is 486 g/mol. The zero-order chi connectivity index (χ0) is 24.4. The summed E-state index contributed by atoms with van der Waals surface area (Å²) in [5.74, 6) is -1.05. The molecule has 34 heavy (non-hydrogen) atoms. The van der Waals surface area contributed by atoms with E-state index in [9.17, 15) is 29.0 Å². The van der Waals surface area contributed by atoms with Gasteiger partial charge in [-0.15, -0.1) is 0 Å². The van der Waals surface area contributed by atoms with E-state index < -0.39 is 45.3 Å². The number of nitrogens with one attached hydrogen (secondary N) is 2. The Hall–Kier alpha value is -2.20. The van der Waals surface area contributed by atoms with Gasteiger partial charge >= 0.3 is 5.69 Å². The van der Waals surface area contributed by atoms with E-state index >= 15 is 4.39 Å². The number of aromatic amines is 2. The fourth-order valence-electron chi connectivity index (χ4n) is 7.18. The topological polar surface area (TPSA) is 123 Å². The summed E-state index contributed by atoms with van der Waals surface area (Å²) in [5, 5.41) is 21.9. The van der Waals surface area contributed by atoms with Gasteiger partial charge in [-0.05, 0) is 57.4 Å². The molecule has 190 valence electrons. The molecule has 0 amide bonds. The van der Waals surface area contributed by atoms with Crippen LogP contribution in [0.15, 0.2) is 27.4 Å². The van der Waals surface area contributed by atoms with E-state index in [2.05, 4.69) is 0 Å². The van der Waals surface area contributed by atoms with Gasteiger partial charge in [0, 0.05) is 29.4 Å². The lowest BCUT2D eigenvalue weighted by molar-refractivity contribution is -0.225. The largest absolute Gasteiger partial charge is 0.390 e. The fourth-order valence-corrected chi connectivity index (χ4v) is 7.18. The molecule has 0 saturated heterocycles. The Bertz CT molecular complexity index is 1110. The predicted molar refractivity (Wildman–Crippen MR) is 119 cm³/mol. The lowest BCUT2D eigenvalue weighted by Gasteiger charge is -2.63. The second-order valence-electron chi connectivity index (χ2n) is 10.9. The van der Waals surface area contributed by atoms with Crippen LogP contribution in [0.4, 0.5) is 13.5 Å². The number of fused-ring (bicyclic) bond motifs is 5. The molecule has 0 radical (unpaired) electrons. The highest BCUT2D eigenvalue weighted by Crippen LogP contribution is 2.70. The van der Waals surface area contributed by atoms with Crippen molar-refractivity contribution in [1.82, 2.24) is 9.97 Å². The number of carbonyl (C=O) groups excluding carboxylic acids is 1. The average Bonchev–Trinajstić information content (AvgIpc) is 2.96. The third-order valence-corrected chi connectivity index (χ3v) is 9.38. The number of aliphatic hydroxyl groups is 2. The Kier molecular flexibility index (Phi) is 6.58. The van der Waals surface area contributed by atoms with Crippen LogP contribution in [0.1, 0.15) is 65.7 Å². The predicted octanol–water partition coefficient (Wildman–Crippen LogP) is 2.69. The van der Waals surface area contributed by atoms with Crippen molar-refractivity contribution < 1.29 is 28.5 Å². The number of aromatic nitrogens is 2.